The summed E-state index contributed by atoms with van der Waals surface area (Å²) in [5.74, 6) is -0.202. The fourth-order valence-electron chi connectivity index (χ4n) is 2.31. The number of aryl methyl sites for hydroxylation is 1. The lowest BCUT2D eigenvalue weighted by Gasteiger charge is -2.33. The van der Waals surface area contributed by atoms with Crippen molar-refractivity contribution in [3.63, 3.8) is 0 Å². The van der Waals surface area contributed by atoms with Crippen molar-refractivity contribution in [3.8, 4) is 0 Å². The van der Waals surface area contributed by atoms with E-state index in [2.05, 4.69) is 10.2 Å². The van der Waals surface area contributed by atoms with Crippen molar-refractivity contribution in [2.75, 3.05) is 26.2 Å². The summed E-state index contributed by atoms with van der Waals surface area (Å²) in [6.07, 6.45) is 0. The highest BCUT2D eigenvalue weighted by atomic mass is 35.5. The fraction of sp³-hybridized carbons (Fsp3) is 0.538. The fourth-order valence-corrected chi connectivity index (χ4v) is 2.62. The number of benzene rings is 1. The van der Waals surface area contributed by atoms with Crippen molar-refractivity contribution in [2.24, 2.45) is 0 Å². The zero-order valence-electron chi connectivity index (χ0n) is 10.7. The van der Waals surface area contributed by atoms with Crippen LogP contribution in [0.5, 0.6) is 0 Å². The van der Waals surface area contributed by atoms with Crippen LogP contribution in [0.1, 0.15) is 24.1 Å². The third kappa shape index (κ3) is 3.15. The molecule has 1 fully saturated rings. The Morgan fingerprint density at radius 1 is 1.33 bits per heavy atom. The second kappa shape index (κ2) is 6.71. The molecule has 1 aliphatic heterocycles. The van der Waals surface area contributed by atoms with E-state index in [1.54, 1.807) is 6.07 Å². The summed E-state index contributed by atoms with van der Waals surface area (Å²) in [6, 6.07) is 3.27. The van der Waals surface area contributed by atoms with Gasteiger partial charge in [0.2, 0.25) is 0 Å². The van der Waals surface area contributed by atoms with Gasteiger partial charge in [0.1, 0.15) is 5.82 Å². The molecule has 1 aliphatic rings. The van der Waals surface area contributed by atoms with Crippen LogP contribution in [-0.4, -0.2) is 31.1 Å². The molecule has 0 radical (unpaired) electrons. The van der Waals surface area contributed by atoms with Gasteiger partial charge in [-0.3, -0.25) is 4.90 Å². The highest BCUT2D eigenvalue weighted by Crippen LogP contribution is 2.32. The largest absolute Gasteiger partial charge is 0.314 e. The molecular weight excluding hydrogens is 274 g/mol. The van der Waals surface area contributed by atoms with Gasteiger partial charge >= 0.3 is 0 Å². The van der Waals surface area contributed by atoms with Crippen LogP contribution in [0.15, 0.2) is 12.1 Å². The normalized spacial score (nSPS) is 18.2. The molecule has 1 saturated heterocycles. The molecule has 1 aromatic rings. The maximum Gasteiger partial charge on any atom is 0.129 e. The first-order chi connectivity index (χ1) is 8.11. The smallest absolute Gasteiger partial charge is 0.129 e. The standard InChI is InChI=1S/C13H18ClFN2.ClH/c1-9-3-4-11(15)12(13(9)14)10(2)17-7-5-16-6-8-17;/h3-4,10,16H,5-8H2,1-2H3;1H/t10-;/m1./s1. The third-order valence-electron chi connectivity index (χ3n) is 3.44. The number of nitrogens with zero attached hydrogens (tertiary/aromatic N) is 1. The summed E-state index contributed by atoms with van der Waals surface area (Å²) < 4.78 is 13.9. The second-order valence-corrected chi connectivity index (χ2v) is 4.93. The SMILES string of the molecule is Cc1ccc(F)c([C@@H](C)N2CCNCC2)c1Cl.Cl. The highest BCUT2D eigenvalue weighted by molar-refractivity contribution is 6.32. The Morgan fingerprint density at radius 2 is 1.94 bits per heavy atom. The molecule has 5 heteroatoms. The first-order valence-electron chi connectivity index (χ1n) is 6.00. The lowest BCUT2D eigenvalue weighted by Crippen LogP contribution is -2.44. The van der Waals surface area contributed by atoms with Gasteiger partial charge in [0.25, 0.3) is 0 Å². The van der Waals surface area contributed by atoms with Crippen molar-refractivity contribution in [2.45, 2.75) is 19.9 Å². The van der Waals surface area contributed by atoms with E-state index in [0.29, 0.717) is 10.6 Å². The predicted molar refractivity (Wildman–Crippen MR) is 76.3 cm³/mol. The Kier molecular flexibility index (Phi) is 5.86. The van der Waals surface area contributed by atoms with Gasteiger partial charge in [0, 0.05) is 37.8 Å². The van der Waals surface area contributed by atoms with Crippen molar-refractivity contribution in [1.82, 2.24) is 10.2 Å². The first-order valence-corrected chi connectivity index (χ1v) is 6.38. The molecule has 1 N–H and O–H groups in total. The molecule has 2 nitrogen and oxygen atoms in total. The van der Waals surface area contributed by atoms with Gasteiger partial charge in [-0.2, -0.15) is 0 Å². The van der Waals surface area contributed by atoms with E-state index in [0.717, 1.165) is 31.7 Å². The molecule has 0 amide bonds. The first kappa shape index (κ1) is 15.7. The van der Waals surface area contributed by atoms with Crippen molar-refractivity contribution < 1.29 is 4.39 Å². The van der Waals surface area contributed by atoms with Crippen LogP contribution >= 0.6 is 24.0 Å². The van der Waals surface area contributed by atoms with Gasteiger partial charge < -0.3 is 5.32 Å². The Bertz CT molecular complexity index is 406. The van der Waals surface area contributed by atoms with Crippen LogP contribution in [0.25, 0.3) is 0 Å². The third-order valence-corrected chi connectivity index (χ3v) is 3.94. The summed E-state index contributed by atoms with van der Waals surface area (Å²) in [6.45, 7) is 7.71. The highest BCUT2D eigenvalue weighted by Gasteiger charge is 2.23. The number of rotatable bonds is 2. The average molecular weight is 293 g/mol. The predicted octanol–water partition coefficient (Wildman–Crippen LogP) is 3.18. The van der Waals surface area contributed by atoms with Gasteiger partial charge in [-0.15, -0.1) is 12.4 Å². The Balaban J connectivity index is 0.00000162. The maximum absolute atomic E-state index is 13.9. The minimum atomic E-state index is -0.202. The van der Waals surface area contributed by atoms with Crippen molar-refractivity contribution in [3.05, 3.63) is 34.1 Å². The molecule has 0 saturated carbocycles. The number of hydrogen-bond acceptors (Lipinski definition) is 2. The molecule has 0 unspecified atom stereocenters. The molecule has 0 spiro atoms. The average Bonchev–Trinajstić information content (AvgIpc) is 2.35. The minimum Gasteiger partial charge on any atom is -0.314 e. The second-order valence-electron chi connectivity index (χ2n) is 4.55. The summed E-state index contributed by atoms with van der Waals surface area (Å²) in [4.78, 5) is 2.26. The summed E-state index contributed by atoms with van der Waals surface area (Å²) >= 11 is 6.23. The molecule has 1 aromatic carbocycles. The van der Waals surface area contributed by atoms with Crippen LogP contribution in [0.3, 0.4) is 0 Å². The van der Waals surface area contributed by atoms with Gasteiger partial charge in [0.05, 0.1) is 5.02 Å². The number of nitrogens with one attached hydrogen (secondary N) is 1. The molecule has 0 bridgehead atoms. The maximum atomic E-state index is 13.9. The van der Waals surface area contributed by atoms with Crippen molar-refractivity contribution >= 4 is 24.0 Å². The van der Waals surface area contributed by atoms with Crippen LogP contribution < -0.4 is 5.32 Å². The number of halogens is 3. The molecule has 1 atom stereocenters. The summed E-state index contributed by atoms with van der Waals surface area (Å²) in [5, 5.41) is 3.86. The molecule has 18 heavy (non-hydrogen) atoms. The summed E-state index contributed by atoms with van der Waals surface area (Å²) in [5.41, 5.74) is 1.57. The lowest BCUT2D eigenvalue weighted by atomic mass is 10.0. The van der Waals surface area contributed by atoms with E-state index in [9.17, 15) is 4.39 Å². The summed E-state index contributed by atoms with van der Waals surface area (Å²) in [7, 11) is 0. The number of hydrogen-bond donors (Lipinski definition) is 1. The molecule has 0 aromatic heterocycles. The van der Waals surface area contributed by atoms with Crippen LogP contribution in [0, 0.1) is 12.7 Å². The topological polar surface area (TPSA) is 15.3 Å². The van der Waals surface area contributed by atoms with Crippen molar-refractivity contribution in [1.29, 1.82) is 0 Å². The minimum absolute atomic E-state index is 0. The Labute approximate surface area is 119 Å². The molecule has 102 valence electrons. The van der Waals surface area contributed by atoms with E-state index >= 15 is 0 Å². The van der Waals surface area contributed by atoms with E-state index in [1.807, 2.05) is 13.8 Å². The Hall–Kier alpha value is -0.350. The van der Waals surface area contributed by atoms with Gasteiger partial charge in [-0.1, -0.05) is 17.7 Å². The quantitative estimate of drug-likeness (QED) is 0.901. The van der Waals surface area contributed by atoms with Crippen LogP contribution in [0.2, 0.25) is 5.02 Å². The van der Waals surface area contributed by atoms with Gasteiger partial charge in [-0.25, -0.2) is 4.39 Å². The van der Waals surface area contributed by atoms with E-state index in [1.165, 1.54) is 6.07 Å². The van der Waals surface area contributed by atoms with E-state index in [4.69, 9.17) is 11.6 Å². The molecule has 2 rings (SSSR count). The monoisotopic (exact) mass is 292 g/mol. The van der Waals surface area contributed by atoms with Gasteiger partial charge in [0.15, 0.2) is 0 Å². The van der Waals surface area contributed by atoms with Gasteiger partial charge in [-0.05, 0) is 25.5 Å². The molecule has 1 heterocycles. The van der Waals surface area contributed by atoms with E-state index < -0.39 is 0 Å². The molecular formula is C13H19Cl2FN2. The van der Waals surface area contributed by atoms with Crippen LogP contribution in [-0.2, 0) is 0 Å². The number of piperazine rings is 1. The zero-order chi connectivity index (χ0) is 12.4. The zero-order valence-corrected chi connectivity index (χ0v) is 12.2. The lowest BCUT2D eigenvalue weighted by molar-refractivity contribution is 0.182. The van der Waals surface area contributed by atoms with E-state index in [-0.39, 0.29) is 24.3 Å². The molecule has 0 aliphatic carbocycles. The van der Waals surface area contributed by atoms with Crippen LogP contribution in [0.4, 0.5) is 4.39 Å². The Morgan fingerprint density at radius 3 is 2.56 bits per heavy atom.